The van der Waals surface area contributed by atoms with Crippen LogP contribution in [0.4, 0.5) is 11.4 Å². The normalized spacial score (nSPS) is 20.9. The Morgan fingerprint density at radius 3 is 3.06 bits per heavy atom. The molecule has 3 nitrogen and oxygen atoms in total. The smallest absolute Gasteiger partial charge is 0.0574 e. The van der Waals surface area contributed by atoms with Gasteiger partial charge in [0.2, 0.25) is 0 Å². The molecule has 1 saturated heterocycles. The van der Waals surface area contributed by atoms with Gasteiger partial charge in [-0.25, -0.2) is 0 Å². The Hall–Kier alpha value is -0.930. The second-order valence-electron chi connectivity index (χ2n) is 5.22. The van der Waals surface area contributed by atoms with Crippen LogP contribution >= 0.6 is 11.6 Å². The fourth-order valence-electron chi connectivity index (χ4n) is 2.61. The molecule has 1 unspecified atom stereocenters. The van der Waals surface area contributed by atoms with Gasteiger partial charge in [-0.15, -0.1) is 0 Å². The van der Waals surface area contributed by atoms with Crippen molar-refractivity contribution in [3.05, 3.63) is 23.2 Å². The first-order chi connectivity index (χ1) is 8.65. The van der Waals surface area contributed by atoms with E-state index in [2.05, 4.69) is 17.3 Å². The molecule has 1 fully saturated rings. The maximum Gasteiger partial charge on any atom is 0.0574 e. The molecule has 0 spiro atoms. The molecule has 1 aliphatic heterocycles. The summed E-state index contributed by atoms with van der Waals surface area (Å²) in [5, 5.41) is 4.09. The van der Waals surface area contributed by atoms with Crippen LogP contribution in [0.5, 0.6) is 0 Å². The number of nitrogens with one attached hydrogen (secondary N) is 1. The van der Waals surface area contributed by atoms with Gasteiger partial charge in [0.25, 0.3) is 0 Å². The minimum atomic E-state index is 0.687. The van der Waals surface area contributed by atoms with Crippen molar-refractivity contribution in [2.24, 2.45) is 5.92 Å². The molecule has 2 rings (SSSR count). The molecule has 4 heteroatoms. The van der Waals surface area contributed by atoms with E-state index in [0.717, 1.165) is 23.8 Å². The van der Waals surface area contributed by atoms with Gasteiger partial charge in [-0.3, -0.25) is 0 Å². The maximum atomic E-state index is 5.91. The summed E-state index contributed by atoms with van der Waals surface area (Å²) in [4.78, 5) is 2.42. The first-order valence-corrected chi connectivity index (χ1v) is 7.00. The van der Waals surface area contributed by atoms with Crippen molar-refractivity contribution < 1.29 is 0 Å². The third-order valence-electron chi connectivity index (χ3n) is 3.60. The predicted octanol–water partition coefficient (Wildman–Crippen LogP) is 3.07. The predicted molar refractivity (Wildman–Crippen MR) is 79.2 cm³/mol. The van der Waals surface area contributed by atoms with E-state index in [9.17, 15) is 0 Å². The zero-order valence-electron chi connectivity index (χ0n) is 11.0. The van der Waals surface area contributed by atoms with Crippen molar-refractivity contribution in [2.75, 3.05) is 37.7 Å². The van der Waals surface area contributed by atoms with Crippen molar-refractivity contribution in [1.29, 1.82) is 0 Å². The van der Waals surface area contributed by atoms with Crippen LogP contribution in [0, 0.1) is 5.92 Å². The Morgan fingerprint density at radius 1 is 1.50 bits per heavy atom. The molecule has 100 valence electrons. The number of piperidine rings is 1. The van der Waals surface area contributed by atoms with Crippen molar-refractivity contribution in [3.8, 4) is 0 Å². The molecule has 1 aromatic rings. The number of nitrogen functional groups attached to an aromatic ring is 1. The van der Waals surface area contributed by atoms with Crippen molar-refractivity contribution >= 4 is 23.0 Å². The van der Waals surface area contributed by atoms with Crippen LogP contribution in [0.3, 0.4) is 0 Å². The number of anilines is 2. The summed E-state index contributed by atoms with van der Waals surface area (Å²) in [5.74, 6) is 0.810. The molecule has 3 N–H and O–H groups in total. The third-order valence-corrected chi connectivity index (χ3v) is 3.84. The van der Waals surface area contributed by atoms with Gasteiger partial charge in [-0.05, 0) is 57.0 Å². The molecule has 0 aliphatic carbocycles. The summed E-state index contributed by atoms with van der Waals surface area (Å²) in [6.45, 7) is 3.44. The largest absolute Gasteiger partial charge is 0.397 e. The highest BCUT2D eigenvalue weighted by Gasteiger charge is 2.16. The SMILES string of the molecule is CN1CCCC(CCNc2ccc(Cl)cc2N)C1. The number of halogens is 1. The van der Waals surface area contributed by atoms with E-state index in [-0.39, 0.29) is 0 Å². The van der Waals surface area contributed by atoms with Gasteiger partial charge >= 0.3 is 0 Å². The van der Waals surface area contributed by atoms with Crippen LogP contribution in [0.2, 0.25) is 5.02 Å². The molecule has 18 heavy (non-hydrogen) atoms. The Balaban J connectivity index is 1.77. The quantitative estimate of drug-likeness (QED) is 0.824. The van der Waals surface area contributed by atoms with Gasteiger partial charge in [0, 0.05) is 18.1 Å². The van der Waals surface area contributed by atoms with E-state index in [1.807, 2.05) is 12.1 Å². The minimum absolute atomic E-state index is 0.687. The Labute approximate surface area is 114 Å². The molecule has 0 bridgehead atoms. The van der Waals surface area contributed by atoms with E-state index in [1.54, 1.807) is 6.07 Å². The molecule has 1 aliphatic rings. The fourth-order valence-corrected chi connectivity index (χ4v) is 2.79. The molecule has 0 amide bonds. The molecule has 1 heterocycles. The van der Waals surface area contributed by atoms with E-state index in [4.69, 9.17) is 17.3 Å². The fraction of sp³-hybridized carbons (Fsp3) is 0.571. The highest BCUT2D eigenvalue weighted by molar-refractivity contribution is 6.31. The molecular formula is C14H22ClN3. The lowest BCUT2D eigenvalue weighted by molar-refractivity contribution is 0.205. The van der Waals surface area contributed by atoms with Crippen molar-refractivity contribution in [3.63, 3.8) is 0 Å². The summed E-state index contributed by atoms with van der Waals surface area (Å²) in [5.41, 5.74) is 7.62. The average Bonchev–Trinajstić information content (AvgIpc) is 2.32. The number of benzene rings is 1. The topological polar surface area (TPSA) is 41.3 Å². The van der Waals surface area contributed by atoms with Crippen LogP contribution in [-0.2, 0) is 0 Å². The monoisotopic (exact) mass is 267 g/mol. The molecular weight excluding hydrogens is 246 g/mol. The molecule has 0 radical (unpaired) electrons. The molecule has 1 atom stereocenters. The summed E-state index contributed by atoms with van der Waals surface area (Å²) in [7, 11) is 2.21. The van der Waals surface area contributed by atoms with E-state index in [0.29, 0.717) is 5.02 Å². The summed E-state index contributed by atoms with van der Waals surface area (Å²) < 4.78 is 0. The summed E-state index contributed by atoms with van der Waals surface area (Å²) in [6, 6.07) is 5.61. The van der Waals surface area contributed by atoms with Gasteiger partial charge in [0.1, 0.15) is 0 Å². The van der Waals surface area contributed by atoms with Gasteiger partial charge in [-0.1, -0.05) is 11.6 Å². The van der Waals surface area contributed by atoms with E-state index < -0.39 is 0 Å². The number of nitrogens with zero attached hydrogens (tertiary/aromatic N) is 1. The average molecular weight is 268 g/mol. The Bertz CT molecular complexity index is 395. The lowest BCUT2D eigenvalue weighted by Crippen LogP contribution is -2.32. The number of likely N-dealkylation sites (tertiary alicyclic amines) is 1. The maximum absolute atomic E-state index is 5.91. The summed E-state index contributed by atoms with van der Waals surface area (Å²) in [6.07, 6.45) is 3.87. The van der Waals surface area contributed by atoms with Crippen LogP contribution in [0.25, 0.3) is 0 Å². The third kappa shape index (κ3) is 3.79. The number of rotatable bonds is 4. The molecule has 0 saturated carbocycles. The number of nitrogens with two attached hydrogens (primary N) is 1. The zero-order valence-corrected chi connectivity index (χ0v) is 11.7. The Kier molecular flexibility index (Phi) is 4.72. The highest BCUT2D eigenvalue weighted by Crippen LogP contribution is 2.23. The van der Waals surface area contributed by atoms with Crippen LogP contribution in [0.15, 0.2) is 18.2 Å². The van der Waals surface area contributed by atoms with E-state index in [1.165, 1.54) is 32.4 Å². The second kappa shape index (κ2) is 6.30. The van der Waals surface area contributed by atoms with Crippen LogP contribution in [-0.4, -0.2) is 31.6 Å². The standard InChI is InChI=1S/C14H22ClN3/c1-18-8-2-3-11(10-18)6-7-17-14-5-4-12(15)9-13(14)16/h4-5,9,11,17H,2-3,6-8,10,16H2,1H3. The number of hydrogen-bond donors (Lipinski definition) is 2. The first kappa shape index (κ1) is 13.5. The number of hydrogen-bond acceptors (Lipinski definition) is 3. The minimum Gasteiger partial charge on any atom is -0.397 e. The van der Waals surface area contributed by atoms with Crippen molar-refractivity contribution in [1.82, 2.24) is 4.90 Å². The highest BCUT2D eigenvalue weighted by atomic mass is 35.5. The lowest BCUT2D eigenvalue weighted by Gasteiger charge is -2.29. The van der Waals surface area contributed by atoms with Crippen LogP contribution < -0.4 is 11.1 Å². The van der Waals surface area contributed by atoms with Gasteiger partial charge < -0.3 is 16.0 Å². The molecule has 1 aromatic carbocycles. The lowest BCUT2D eigenvalue weighted by atomic mass is 9.95. The summed E-state index contributed by atoms with van der Waals surface area (Å²) >= 11 is 5.88. The zero-order chi connectivity index (χ0) is 13.0. The van der Waals surface area contributed by atoms with E-state index >= 15 is 0 Å². The first-order valence-electron chi connectivity index (χ1n) is 6.62. The van der Waals surface area contributed by atoms with Crippen molar-refractivity contribution in [2.45, 2.75) is 19.3 Å². The molecule has 0 aromatic heterocycles. The van der Waals surface area contributed by atoms with Gasteiger partial charge in [-0.2, -0.15) is 0 Å². The van der Waals surface area contributed by atoms with Crippen LogP contribution in [0.1, 0.15) is 19.3 Å². The van der Waals surface area contributed by atoms with Gasteiger partial charge in [0.15, 0.2) is 0 Å². The Morgan fingerprint density at radius 2 is 2.33 bits per heavy atom. The van der Waals surface area contributed by atoms with Gasteiger partial charge in [0.05, 0.1) is 11.4 Å². The second-order valence-corrected chi connectivity index (χ2v) is 5.65.